The fraction of sp³-hybridized carbons (Fsp3) is 0.571. The summed E-state index contributed by atoms with van der Waals surface area (Å²) in [4.78, 5) is 88.5. The van der Waals surface area contributed by atoms with E-state index in [9.17, 15) is 14.4 Å². The molecule has 2 heterocycles. The first-order chi connectivity index (χ1) is 35.8. The molecule has 0 radical (unpaired) electrons. The molecular weight excluding hydrogens is 1000 g/mol. The molecule has 2 aliphatic heterocycles. The van der Waals surface area contributed by atoms with E-state index in [1.165, 1.54) is 7.11 Å². The van der Waals surface area contributed by atoms with Gasteiger partial charge in [0.25, 0.3) is 5.91 Å². The summed E-state index contributed by atoms with van der Waals surface area (Å²) < 4.78 is 34.1. The molecule has 3 aromatic rings. The van der Waals surface area contributed by atoms with E-state index in [4.69, 9.17) is 28.5 Å². The zero-order valence-corrected chi connectivity index (χ0v) is 49.6. The molecular formula is C56H85N5O11Si3. The highest BCUT2D eigenvalue weighted by Gasteiger charge is 2.63. The second-order valence-corrected chi connectivity index (χ2v) is 34.5. The molecule has 16 nitrogen and oxygen atoms in total. The number of anilines is 1. The number of hydrogen-bond acceptors (Lipinski definition) is 11. The van der Waals surface area contributed by atoms with Crippen LogP contribution >= 0.6 is 0 Å². The van der Waals surface area contributed by atoms with Crippen LogP contribution in [0.2, 0.25) is 54.4 Å². The molecule has 3 aromatic carbocycles. The summed E-state index contributed by atoms with van der Waals surface area (Å²) in [5.74, 6) is -4.47. The van der Waals surface area contributed by atoms with Crippen molar-refractivity contribution >= 4 is 66.1 Å². The van der Waals surface area contributed by atoms with Gasteiger partial charge in [0.1, 0.15) is 36.6 Å². The summed E-state index contributed by atoms with van der Waals surface area (Å²) >= 11 is 0. The highest BCUT2D eigenvalue weighted by molar-refractivity contribution is 6.74. The number of esters is 1. The van der Waals surface area contributed by atoms with Crippen molar-refractivity contribution in [1.29, 1.82) is 0 Å². The number of ether oxygens (including phenoxy) is 2. The van der Waals surface area contributed by atoms with Crippen LogP contribution in [0, 0.1) is 5.92 Å². The summed E-state index contributed by atoms with van der Waals surface area (Å²) in [6.45, 7) is 22.5. The maximum Gasteiger partial charge on any atom is 0.331 e. The normalized spacial score (nSPS) is 21.0. The molecule has 0 aliphatic carbocycles. The summed E-state index contributed by atoms with van der Waals surface area (Å²) in [6.07, 6.45) is -2.59. The van der Waals surface area contributed by atoms with Gasteiger partial charge >= 0.3 is 5.97 Å². The van der Waals surface area contributed by atoms with Crippen molar-refractivity contribution in [3.8, 4) is 16.9 Å². The molecule has 412 valence electrons. The van der Waals surface area contributed by atoms with E-state index >= 15 is 14.4 Å². The lowest BCUT2D eigenvalue weighted by Gasteiger charge is -2.48. The number of methoxy groups -OCH3 is 1. The number of hydrogen-bond donors (Lipinski definition) is 5. The van der Waals surface area contributed by atoms with Crippen molar-refractivity contribution < 1.29 is 51.5 Å². The van der Waals surface area contributed by atoms with E-state index in [2.05, 4.69) is 42.0 Å². The minimum absolute atomic E-state index is 0.0932. The molecule has 0 saturated heterocycles. The number of rotatable bonds is 25. The van der Waals surface area contributed by atoms with E-state index in [1.54, 1.807) is 12.1 Å². The van der Waals surface area contributed by atoms with Crippen LogP contribution in [0.1, 0.15) is 106 Å². The van der Waals surface area contributed by atoms with Gasteiger partial charge < -0.3 is 49.8 Å². The van der Waals surface area contributed by atoms with E-state index in [1.807, 2.05) is 110 Å². The van der Waals surface area contributed by atoms with Crippen LogP contribution < -0.4 is 31.7 Å². The smallest absolute Gasteiger partial charge is 0.331 e. The van der Waals surface area contributed by atoms with Gasteiger partial charge in [0.05, 0.1) is 19.2 Å². The van der Waals surface area contributed by atoms with E-state index in [0.29, 0.717) is 76.4 Å². The lowest BCUT2D eigenvalue weighted by molar-refractivity contribution is -0.160. The summed E-state index contributed by atoms with van der Waals surface area (Å²) in [7, 11) is -7.03. The second kappa shape index (κ2) is 26.7. The summed E-state index contributed by atoms with van der Waals surface area (Å²) in [6, 6.07) is 21.9. The molecule has 0 aromatic heterocycles. The number of fused-ring (bicyclic) bond motifs is 3. The summed E-state index contributed by atoms with van der Waals surface area (Å²) in [5, 5.41) is 11.8. The largest absolute Gasteiger partial charge is 0.488 e. The molecule has 5 amide bonds. The third kappa shape index (κ3) is 13.3. The van der Waals surface area contributed by atoms with Crippen LogP contribution in [-0.4, -0.2) is 97.9 Å². The number of nitrogens with two attached hydrogens (primary N) is 1. The first-order valence-electron chi connectivity index (χ1n) is 27.4. The Bertz CT molecular complexity index is 2440. The molecule has 19 heteroatoms. The van der Waals surface area contributed by atoms with Gasteiger partial charge in [0, 0.05) is 23.1 Å². The lowest BCUT2D eigenvalue weighted by Crippen LogP contribution is -2.68. The number of benzene rings is 3. The van der Waals surface area contributed by atoms with Crippen LogP contribution in [0.5, 0.6) is 5.75 Å². The molecule has 0 fully saturated rings. The number of carbonyl (C=O) groups excluding carboxylic acids is 6. The molecule has 0 spiro atoms. The van der Waals surface area contributed by atoms with Crippen molar-refractivity contribution in [2.45, 2.75) is 192 Å². The van der Waals surface area contributed by atoms with Gasteiger partial charge in [-0.1, -0.05) is 137 Å². The number of para-hydroxylation sites is 1. The van der Waals surface area contributed by atoms with E-state index in [-0.39, 0.29) is 18.9 Å². The predicted molar refractivity (Wildman–Crippen MR) is 300 cm³/mol. The fourth-order valence-corrected chi connectivity index (χ4v) is 19.3. The van der Waals surface area contributed by atoms with Crippen molar-refractivity contribution in [2.24, 2.45) is 11.7 Å². The molecule has 0 saturated carbocycles. The maximum absolute atomic E-state index is 15.8. The Morgan fingerprint density at radius 3 is 1.92 bits per heavy atom. The van der Waals surface area contributed by atoms with Crippen molar-refractivity contribution in [1.82, 2.24) is 16.0 Å². The van der Waals surface area contributed by atoms with Crippen molar-refractivity contribution in [3.05, 3.63) is 83.4 Å². The Morgan fingerprint density at radius 1 is 0.747 bits per heavy atom. The van der Waals surface area contributed by atoms with Crippen LogP contribution in [0.3, 0.4) is 0 Å². The van der Waals surface area contributed by atoms with Crippen molar-refractivity contribution in [3.63, 3.8) is 0 Å². The molecule has 1 unspecified atom stereocenters. The fourth-order valence-electron chi connectivity index (χ4n) is 10.7. The lowest BCUT2D eigenvalue weighted by atomic mass is 9.83. The number of nitrogens with one attached hydrogen (secondary N) is 4. The van der Waals surface area contributed by atoms with E-state index < -0.39 is 103 Å². The molecule has 5 rings (SSSR count). The van der Waals surface area contributed by atoms with Crippen molar-refractivity contribution in [2.75, 3.05) is 12.4 Å². The van der Waals surface area contributed by atoms with Gasteiger partial charge in [-0.2, -0.15) is 0 Å². The average molecular weight is 1090 g/mol. The standard InChI is InChI=1S/C56H85N5O11Si3/c1-13-37(11)49(70-73(14-2,15-3)16-4)53(65)59-43-34-39-31-32-45(69-36-38-27-24-23-25-28-38)41(33-39)40-29-26-30-42-47(40)61-55(67)56(42,72-75(20-8,21-9)22-10)50(71-74(17-5,18-6)19-7)48(54(66)68-12)60-52(64)44(35-46(57)62)58-51(43)63/h23-33,37,43-44,48-50H,13-22,34-36H2,1-12H3,(H2,57,62)(H,58,63)(H,59,65)(H,60,64)(H,61,67)/t37-,43-,44-,48-,49-,50?,56-/m0/s1. The minimum atomic E-state index is -2.92. The Balaban J connectivity index is 1.90. The highest BCUT2D eigenvalue weighted by atomic mass is 28.4. The number of primary amides is 1. The van der Waals surface area contributed by atoms with Crippen LogP contribution in [0.15, 0.2) is 66.7 Å². The molecule has 2 aliphatic rings. The van der Waals surface area contributed by atoms with Gasteiger partial charge in [0.15, 0.2) is 36.6 Å². The van der Waals surface area contributed by atoms with Gasteiger partial charge in [-0.25, -0.2) is 4.79 Å². The molecule has 75 heavy (non-hydrogen) atoms. The third-order valence-corrected chi connectivity index (χ3v) is 30.4. The first kappa shape index (κ1) is 60.7. The Labute approximate surface area is 448 Å². The van der Waals surface area contributed by atoms with Gasteiger partial charge in [-0.15, -0.1) is 0 Å². The van der Waals surface area contributed by atoms with Crippen LogP contribution in [0.25, 0.3) is 11.1 Å². The zero-order valence-electron chi connectivity index (χ0n) is 46.6. The first-order valence-corrected chi connectivity index (χ1v) is 35.0. The van der Waals surface area contributed by atoms with Crippen LogP contribution in [0.4, 0.5) is 5.69 Å². The average Bonchev–Trinajstić information content (AvgIpc) is 3.71. The maximum atomic E-state index is 15.8. The highest BCUT2D eigenvalue weighted by Crippen LogP contribution is 2.52. The Hall–Kier alpha value is -5.19. The SMILES string of the molecule is CC[C@H](C)[C@H](O[Si](CC)(CC)CC)C(=O)N[C@H]1Cc2ccc(OCc3ccccc3)c(c2)-c2cccc3c2NC(=O)[C@@]3(O[Si](CC)(CC)CC)C(O[Si](CC)(CC)CC)[C@@H](C(=O)OC)NC(=O)[C@H](CC(N)=O)NC1=O. The zero-order chi connectivity index (χ0) is 55.3. The Morgan fingerprint density at radius 2 is 1.36 bits per heavy atom. The monoisotopic (exact) mass is 1090 g/mol. The third-order valence-electron chi connectivity index (χ3n) is 16.5. The second-order valence-electron chi connectivity index (χ2n) is 20.3. The van der Waals surface area contributed by atoms with Gasteiger partial charge in [-0.05, 0) is 83.6 Å². The topological polar surface area (TPSA) is 223 Å². The number of amides is 5. The predicted octanol–water partition coefficient (Wildman–Crippen LogP) is 8.99. The molecule has 7 atom stereocenters. The van der Waals surface area contributed by atoms with Crippen LogP contribution in [-0.2, 0) is 65.4 Å². The number of carbonyl (C=O) groups is 6. The quantitative estimate of drug-likeness (QED) is 0.0398. The van der Waals surface area contributed by atoms with Gasteiger partial charge in [0.2, 0.25) is 23.6 Å². The van der Waals surface area contributed by atoms with E-state index in [0.717, 1.165) is 23.7 Å². The minimum Gasteiger partial charge on any atom is -0.488 e. The summed E-state index contributed by atoms with van der Waals surface area (Å²) in [5.41, 5.74) is 7.19. The Kier molecular flexibility index (Phi) is 21.6. The van der Waals surface area contributed by atoms with Gasteiger partial charge in [-0.3, -0.25) is 24.0 Å². The molecule has 6 N–H and O–H groups in total. The molecule has 6 bridgehead atoms.